The fourth-order valence-electron chi connectivity index (χ4n) is 2.74. The average Bonchev–Trinajstić information content (AvgIpc) is 2.56. The van der Waals surface area contributed by atoms with E-state index in [1.54, 1.807) is 4.90 Å². The monoisotopic (exact) mass is 310 g/mol. The molecule has 122 valence electrons. The number of likely N-dealkylation sites (N-methyl/N-ethyl adjacent to an activating group) is 1. The van der Waals surface area contributed by atoms with Gasteiger partial charge in [0.25, 0.3) is 0 Å². The molecule has 0 aliphatic rings. The molecule has 3 nitrogen and oxygen atoms in total. The quantitative estimate of drug-likeness (QED) is 0.874. The van der Waals surface area contributed by atoms with Crippen molar-refractivity contribution in [2.24, 2.45) is 11.7 Å². The van der Waals surface area contributed by atoms with Crippen LogP contribution in [0.5, 0.6) is 0 Å². The van der Waals surface area contributed by atoms with E-state index in [1.165, 1.54) is 5.56 Å². The number of carbonyl (C=O) groups is 1. The van der Waals surface area contributed by atoms with E-state index < -0.39 is 6.04 Å². The maximum atomic E-state index is 12.6. The highest BCUT2D eigenvalue weighted by atomic mass is 16.2. The summed E-state index contributed by atoms with van der Waals surface area (Å²) in [4.78, 5) is 14.3. The van der Waals surface area contributed by atoms with E-state index in [2.05, 4.69) is 38.1 Å². The van der Waals surface area contributed by atoms with E-state index in [1.807, 2.05) is 37.3 Å². The van der Waals surface area contributed by atoms with E-state index in [4.69, 9.17) is 5.73 Å². The van der Waals surface area contributed by atoms with Gasteiger partial charge in [0.2, 0.25) is 5.91 Å². The molecule has 1 amide bonds. The molecule has 0 saturated heterocycles. The minimum Gasteiger partial charge on any atom is -0.320 e. The summed E-state index contributed by atoms with van der Waals surface area (Å²) >= 11 is 0. The van der Waals surface area contributed by atoms with E-state index in [0.717, 1.165) is 11.3 Å². The van der Waals surface area contributed by atoms with E-state index in [0.29, 0.717) is 18.9 Å². The fourth-order valence-corrected chi connectivity index (χ4v) is 2.74. The molecule has 0 aliphatic heterocycles. The summed E-state index contributed by atoms with van der Waals surface area (Å²) in [6, 6.07) is 17.9. The van der Waals surface area contributed by atoms with Gasteiger partial charge in [-0.05, 0) is 42.5 Å². The molecule has 0 aromatic heterocycles. The molecule has 2 aromatic carbocycles. The normalized spacial score (nSPS) is 12.2. The molecule has 0 unspecified atom stereocenters. The molecule has 0 fully saturated rings. The summed E-state index contributed by atoms with van der Waals surface area (Å²) in [6.07, 6.45) is 0.706. The highest BCUT2D eigenvalue weighted by Gasteiger charge is 2.21. The number of hydrogen-bond donors (Lipinski definition) is 1. The summed E-state index contributed by atoms with van der Waals surface area (Å²) < 4.78 is 0. The van der Waals surface area contributed by atoms with Gasteiger partial charge in [-0.1, -0.05) is 56.3 Å². The van der Waals surface area contributed by atoms with E-state index in [-0.39, 0.29) is 5.91 Å². The van der Waals surface area contributed by atoms with Gasteiger partial charge in [0.15, 0.2) is 0 Å². The minimum absolute atomic E-state index is 0.00587. The van der Waals surface area contributed by atoms with E-state index >= 15 is 0 Å². The number of hydrogen-bond acceptors (Lipinski definition) is 2. The molecule has 0 radical (unpaired) electrons. The van der Waals surface area contributed by atoms with Crippen molar-refractivity contribution in [1.29, 1.82) is 0 Å². The van der Waals surface area contributed by atoms with Crippen LogP contribution in [-0.4, -0.2) is 18.5 Å². The van der Waals surface area contributed by atoms with Gasteiger partial charge in [-0.15, -0.1) is 0 Å². The molecule has 1 atom stereocenters. The van der Waals surface area contributed by atoms with Crippen molar-refractivity contribution in [3.8, 4) is 11.1 Å². The number of benzene rings is 2. The molecular weight excluding hydrogens is 284 g/mol. The third kappa shape index (κ3) is 4.42. The zero-order chi connectivity index (χ0) is 16.8. The molecule has 0 spiro atoms. The second-order valence-corrected chi connectivity index (χ2v) is 6.23. The third-order valence-corrected chi connectivity index (χ3v) is 3.91. The van der Waals surface area contributed by atoms with Crippen LogP contribution >= 0.6 is 0 Å². The summed E-state index contributed by atoms with van der Waals surface area (Å²) in [5.74, 6) is 0.404. The first-order valence-electron chi connectivity index (χ1n) is 8.25. The SMILES string of the molecule is CCN(C(=O)[C@@H](N)CC(C)C)c1ccc(-c2ccccc2)cc1. The summed E-state index contributed by atoms with van der Waals surface area (Å²) in [7, 11) is 0. The Balaban J connectivity index is 2.17. The Hall–Kier alpha value is -2.13. The van der Waals surface area contributed by atoms with Crippen molar-refractivity contribution >= 4 is 11.6 Å². The van der Waals surface area contributed by atoms with Crippen LogP contribution in [0.1, 0.15) is 27.2 Å². The van der Waals surface area contributed by atoms with Crippen molar-refractivity contribution in [3.05, 3.63) is 54.6 Å². The molecule has 2 aromatic rings. The van der Waals surface area contributed by atoms with Crippen molar-refractivity contribution in [1.82, 2.24) is 0 Å². The van der Waals surface area contributed by atoms with Crippen LogP contribution in [0, 0.1) is 5.92 Å². The van der Waals surface area contributed by atoms with Crippen LogP contribution in [-0.2, 0) is 4.79 Å². The molecule has 0 bridgehead atoms. The largest absolute Gasteiger partial charge is 0.320 e. The lowest BCUT2D eigenvalue weighted by molar-refractivity contribution is -0.120. The summed E-state index contributed by atoms with van der Waals surface area (Å²) in [6.45, 7) is 6.76. The first-order valence-corrected chi connectivity index (χ1v) is 8.25. The lowest BCUT2D eigenvalue weighted by Gasteiger charge is -2.25. The van der Waals surface area contributed by atoms with Crippen LogP contribution in [0.2, 0.25) is 0 Å². The Morgan fingerprint density at radius 1 is 1.00 bits per heavy atom. The Bertz CT molecular complexity index is 620. The number of nitrogens with two attached hydrogens (primary N) is 1. The van der Waals surface area contributed by atoms with Gasteiger partial charge < -0.3 is 10.6 Å². The van der Waals surface area contributed by atoms with Gasteiger partial charge in [0.1, 0.15) is 0 Å². The lowest BCUT2D eigenvalue weighted by Crippen LogP contribution is -2.44. The van der Waals surface area contributed by atoms with Crippen molar-refractivity contribution in [3.63, 3.8) is 0 Å². The van der Waals surface area contributed by atoms with Gasteiger partial charge in [-0.25, -0.2) is 0 Å². The van der Waals surface area contributed by atoms with Gasteiger partial charge in [-0.3, -0.25) is 4.79 Å². The molecule has 2 N–H and O–H groups in total. The number of nitrogens with zero attached hydrogens (tertiary/aromatic N) is 1. The molecule has 0 heterocycles. The van der Waals surface area contributed by atoms with Crippen LogP contribution in [0.4, 0.5) is 5.69 Å². The van der Waals surface area contributed by atoms with Crippen molar-refractivity contribution in [2.75, 3.05) is 11.4 Å². The Morgan fingerprint density at radius 3 is 2.09 bits per heavy atom. The number of carbonyl (C=O) groups excluding carboxylic acids is 1. The second-order valence-electron chi connectivity index (χ2n) is 6.23. The minimum atomic E-state index is -0.441. The number of rotatable bonds is 6. The van der Waals surface area contributed by atoms with Gasteiger partial charge in [-0.2, -0.15) is 0 Å². The maximum Gasteiger partial charge on any atom is 0.243 e. The first-order chi connectivity index (χ1) is 11.0. The van der Waals surface area contributed by atoms with Crippen LogP contribution in [0.15, 0.2) is 54.6 Å². The average molecular weight is 310 g/mol. The van der Waals surface area contributed by atoms with Gasteiger partial charge >= 0.3 is 0 Å². The van der Waals surface area contributed by atoms with Gasteiger partial charge in [0, 0.05) is 12.2 Å². The highest BCUT2D eigenvalue weighted by molar-refractivity contribution is 5.97. The maximum absolute atomic E-state index is 12.6. The zero-order valence-corrected chi connectivity index (χ0v) is 14.2. The second kappa shape index (κ2) is 7.93. The lowest BCUT2D eigenvalue weighted by atomic mass is 10.0. The Morgan fingerprint density at radius 2 is 1.57 bits per heavy atom. The number of amides is 1. The fraction of sp³-hybridized carbons (Fsp3) is 0.350. The molecular formula is C20H26N2O. The summed E-state index contributed by atoms with van der Waals surface area (Å²) in [5.41, 5.74) is 9.28. The predicted octanol–water partition coefficient (Wildman–Crippen LogP) is 4.08. The van der Waals surface area contributed by atoms with Gasteiger partial charge in [0.05, 0.1) is 6.04 Å². The zero-order valence-electron chi connectivity index (χ0n) is 14.2. The third-order valence-electron chi connectivity index (χ3n) is 3.91. The highest BCUT2D eigenvalue weighted by Crippen LogP contribution is 2.23. The molecule has 23 heavy (non-hydrogen) atoms. The molecule has 3 heteroatoms. The van der Waals surface area contributed by atoms with Crippen LogP contribution in [0.3, 0.4) is 0 Å². The molecule has 2 rings (SSSR count). The summed E-state index contributed by atoms with van der Waals surface area (Å²) in [5, 5.41) is 0. The standard InChI is InChI=1S/C20H26N2O/c1-4-22(20(23)19(21)14-15(2)3)18-12-10-17(11-13-18)16-8-6-5-7-9-16/h5-13,15,19H,4,14,21H2,1-3H3/t19-/m0/s1. The smallest absolute Gasteiger partial charge is 0.243 e. The van der Waals surface area contributed by atoms with Crippen LogP contribution < -0.4 is 10.6 Å². The van der Waals surface area contributed by atoms with E-state index in [9.17, 15) is 4.79 Å². The Labute approximate surface area is 139 Å². The van der Waals surface area contributed by atoms with Crippen molar-refractivity contribution < 1.29 is 4.79 Å². The number of anilines is 1. The van der Waals surface area contributed by atoms with Crippen LogP contribution in [0.25, 0.3) is 11.1 Å². The first kappa shape index (κ1) is 17.2. The topological polar surface area (TPSA) is 46.3 Å². The molecule has 0 saturated carbocycles. The predicted molar refractivity (Wildman–Crippen MR) is 97.3 cm³/mol. The Kier molecular flexibility index (Phi) is 5.94. The molecule has 0 aliphatic carbocycles. The van der Waals surface area contributed by atoms with Crippen molar-refractivity contribution in [2.45, 2.75) is 33.2 Å².